The van der Waals surface area contributed by atoms with E-state index in [-0.39, 0.29) is 23.7 Å². The molecule has 0 amide bonds. The number of sulfonamides is 1. The number of anilines is 1. The SMILES string of the molecule is O=S1(=O)CC[C@H](S(=O)(=O)Nc2ccc(O)cc2)C1. The van der Waals surface area contributed by atoms with Crippen LogP contribution >= 0.6 is 0 Å². The zero-order chi connectivity index (χ0) is 13.4. The zero-order valence-electron chi connectivity index (χ0n) is 9.40. The predicted molar refractivity (Wildman–Crippen MR) is 67.7 cm³/mol. The first-order chi connectivity index (χ1) is 8.28. The van der Waals surface area contributed by atoms with E-state index in [1.165, 1.54) is 24.3 Å². The molecule has 18 heavy (non-hydrogen) atoms. The van der Waals surface area contributed by atoms with E-state index in [1.54, 1.807) is 0 Å². The Kier molecular flexibility index (Phi) is 3.24. The van der Waals surface area contributed by atoms with Crippen molar-refractivity contribution in [3.63, 3.8) is 0 Å². The normalized spacial score (nSPS) is 22.8. The Morgan fingerprint density at radius 2 is 1.83 bits per heavy atom. The summed E-state index contributed by atoms with van der Waals surface area (Å²) < 4.78 is 48.7. The van der Waals surface area contributed by atoms with Gasteiger partial charge in [0, 0.05) is 5.69 Å². The van der Waals surface area contributed by atoms with Gasteiger partial charge in [-0.1, -0.05) is 0 Å². The number of rotatable bonds is 3. The molecule has 1 aliphatic rings. The maximum absolute atomic E-state index is 11.9. The van der Waals surface area contributed by atoms with Gasteiger partial charge in [-0.05, 0) is 30.7 Å². The van der Waals surface area contributed by atoms with Crippen molar-refractivity contribution in [2.24, 2.45) is 0 Å². The Labute approximate surface area is 106 Å². The van der Waals surface area contributed by atoms with Gasteiger partial charge in [-0.25, -0.2) is 16.8 Å². The smallest absolute Gasteiger partial charge is 0.236 e. The summed E-state index contributed by atoms with van der Waals surface area (Å²) in [5, 5.41) is 8.17. The molecule has 1 aromatic rings. The molecule has 1 heterocycles. The minimum Gasteiger partial charge on any atom is -0.508 e. The summed E-state index contributed by atoms with van der Waals surface area (Å²) in [6.07, 6.45) is 0.121. The lowest BCUT2D eigenvalue weighted by Crippen LogP contribution is -2.28. The third-order valence-electron chi connectivity index (χ3n) is 2.76. The molecule has 6 nitrogen and oxygen atoms in total. The molecule has 1 saturated heterocycles. The van der Waals surface area contributed by atoms with Crippen molar-refractivity contribution in [3.8, 4) is 5.75 Å². The molecule has 0 aliphatic carbocycles. The topological polar surface area (TPSA) is 101 Å². The van der Waals surface area contributed by atoms with Crippen molar-refractivity contribution < 1.29 is 21.9 Å². The second-order valence-corrected chi connectivity index (χ2v) is 8.41. The van der Waals surface area contributed by atoms with Crippen molar-refractivity contribution in [1.82, 2.24) is 0 Å². The summed E-state index contributed by atoms with van der Waals surface area (Å²) >= 11 is 0. The van der Waals surface area contributed by atoms with Gasteiger partial charge >= 0.3 is 0 Å². The minimum absolute atomic E-state index is 0.0291. The van der Waals surface area contributed by atoms with Crippen LogP contribution in [-0.2, 0) is 19.9 Å². The highest BCUT2D eigenvalue weighted by Crippen LogP contribution is 2.22. The number of aromatic hydroxyl groups is 1. The molecule has 1 aliphatic heterocycles. The van der Waals surface area contributed by atoms with E-state index in [2.05, 4.69) is 4.72 Å². The lowest BCUT2D eigenvalue weighted by molar-refractivity contribution is 0.475. The molecule has 2 rings (SSSR count). The van der Waals surface area contributed by atoms with Gasteiger partial charge in [-0.15, -0.1) is 0 Å². The third kappa shape index (κ3) is 2.94. The Morgan fingerprint density at radius 3 is 2.33 bits per heavy atom. The van der Waals surface area contributed by atoms with Crippen molar-refractivity contribution in [2.75, 3.05) is 16.2 Å². The molecule has 8 heteroatoms. The average molecular weight is 291 g/mol. The van der Waals surface area contributed by atoms with Gasteiger partial charge in [0.1, 0.15) is 5.75 Å². The summed E-state index contributed by atoms with van der Waals surface area (Å²) in [5.74, 6) is -0.393. The molecule has 1 aromatic carbocycles. The molecular weight excluding hydrogens is 278 g/mol. The van der Waals surface area contributed by atoms with E-state index in [9.17, 15) is 16.8 Å². The van der Waals surface area contributed by atoms with Crippen molar-refractivity contribution in [3.05, 3.63) is 24.3 Å². The van der Waals surface area contributed by atoms with Crippen LogP contribution in [0.15, 0.2) is 24.3 Å². The van der Waals surface area contributed by atoms with Gasteiger partial charge in [0.2, 0.25) is 10.0 Å². The number of hydrogen-bond donors (Lipinski definition) is 2. The van der Waals surface area contributed by atoms with Crippen LogP contribution < -0.4 is 4.72 Å². The quantitative estimate of drug-likeness (QED) is 0.781. The van der Waals surface area contributed by atoms with Crippen LogP contribution in [-0.4, -0.2) is 38.7 Å². The van der Waals surface area contributed by atoms with Crippen molar-refractivity contribution >= 4 is 25.5 Å². The van der Waals surface area contributed by atoms with E-state index < -0.39 is 25.1 Å². The maximum atomic E-state index is 11.9. The summed E-state index contributed by atoms with van der Waals surface area (Å²) in [6, 6.07) is 5.53. The fourth-order valence-electron chi connectivity index (χ4n) is 1.78. The fourth-order valence-corrected chi connectivity index (χ4v) is 5.87. The Bertz CT molecular complexity index is 633. The van der Waals surface area contributed by atoms with Gasteiger partial charge in [0.25, 0.3) is 0 Å². The van der Waals surface area contributed by atoms with Crippen LogP contribution in [0.4, 0.5) is 5.69 Å². The highest BCUT2D eigenvalue weighted by Gasteiger charge is 2.37. The summed E-state index contributed by atoms with van der Waals surface area (Å²) in [5.41, 5.74) is 0.303. The second kappa shape index (κ2) is 4.43. The highest BCUT2D eigenvalue weighted by atomic mass is 32.2. The molecule has 1 fully saturated rings. The number of benzene rings is 1. The van der Waals surface area contributed by atoms with Crippen LogP contribution in [0, 0.1) is 0 Å². The molecule has 100 valence electrons. The molecule has 0 saturated carbocycles. The molecule has 0 aromatic heterocycles. The molecule has 0 radical (unpaired) electrons. The van der Waals surface area contributed by atoms with E-state index in [4.69, 9.17) is 5.11 Å². The van der Waals surface area contributed by atoms with Crippen molar-refractivity contribution in [1.29, 1.82) is 0 Å². The van der Waals surface area contributed by atoms with Crippen LogP contribution in [0.1, 0.15) is 6.42 Å². The molecule has 0 spiro atoms. The lowest BCUT2D eigenvalue weighted by Gasteiger charge is -2.12. The fraction of sp³-hybridized carbons (Fsp3) is 0.400. The van der Waals surface area contributed by atoms with Gasteiger partial charge in [0.15, 0.2) is 9.84 Å². The second-order valence-electron chi connectivity index (χ2n) is 4.22. The molecule has 0 unspecified atom stereocenters. The number of phenolic OH excluding ortho intramolecular Hbond substituents is 1. The van der Waals surface area contributed by atoms with Gasteiger partial charge in [-0.2, -0.15) is 0 Å². The number of nitrogens with one attached hydrogen (secondary N) is 1. The Hall–Kier alpha value is -1.28. The Balaban J connectivity index is 2.15. The van der Waals surface area contributed by atoms with Crippen molar-refractivity contribution in [2.45, 2.75) is 11.7 Å². The van der Waals surface area contributed by atoms with Crippen LogP contribution in [0.2, 0.25) is 0 Å². The summed E-state index contributed by atoms with van der Waals surface area (Å²) in [7, 11) is -6.94. The molecule has 1 atom stereocenters. The standard InChI is InChI=1S/C10H13NO5S2/c12-9-3-1-8(2-4-9)11-18(15,16)10-5-6-17(13,14)7-10/h1-4,10-12H,5-7H2/t10-/m0/s1. The van der Waals surface area contributed by atoms with Gasteiger partial charge in [0.05, 0.1) is 16.8 Å². The van der Waals surface area contributed by atoms with Crippen LogP contribution in [0.25, 0.3) is 0 Å². The number of hydrogen-bond acceptors (Lipinski definition) is 5. The van der Waals surface area contributed by atoms with Gasteiger partial charge in [-0.3, -0.25) is 4.72 Å². The van der Waals surface area contributed by atoms with E-state index in [1.807, 2.05) is 0 Å². The minimum atomic E-state index is -3.71. The molecular formula is C10H13NO5S2. The largest absolute Gasteiger partial charge is 0.508 e. The molecule has 0 bridgehead atoms. The first-order valence-electron chi connectivity index (χ1n) is 5.30. The zero-order valence-corrected chi connectivity index (χ0v) is 11.0. The Morgan fingerprint density at radius 1 is 1.22 bits per heavy atom. The third-order valence-corrected chi connectivity index (χ3v) is 6.54. The predicted octanol–water partition coefficient (Wildman–Crippen LogP) is 0.321. The first kappa shape index (κ1) is 13.2. The summed E-state index contributed by atoms with van der Waals surface area (Å²) in [6.45, 7) is 0. The lowest BCUT2D eigenvalue weighted by atomic mass is 10.3. The first-order valence-corrected chi connectivity index (χ1v) is 8.66. The van der Waals surface area contributed by atoms with E-state index in [0.717, 1.165) is 0 Å². The number of sulfone groups is 1. The van der Waals surface area contributed by atoms with Gasteiger partial charge < -0.3 is 5.11 Å². The monoisotopic (exact) mass is 291 g/mol. The van der Waals surface area contributed by atoms with Crippen LogP contribution in [0.5, 0.6) is 5.75 Å². The van der Waals surface area contributed by atoms with Crippen LogP contribution in [0.3, 0.4) is 0 Å². The number of phenols is 1. The van der Waals surface area contributed by atoms with E-state index in [0.29, 0.717) is 5.69 Å². The molecule has 2 N–H and O–H groups in total. The van der Waals surface area contributed by atoms with E-state index >= 15 is 0 Å². The average Bonchev–Trinajstić information content (AvgIpc) is 2.63. The maximum Gasteiger partial charge on any atom is 0.236 e. The highest BCUT2D eigenvalue weighted by molar-refractivity contribution is 7.97. The summed E-state index contributed by atoms with van der Waals surface area (Å²) in [4.78, 5) is 0.